The van der Waals surface area contributed by atoms with Crippen molar-refractivity contribution in [1.82, 2.24) is 0 Å². The largest absolute Gasteiger partial charge is 0.465 e. The molecular weight excluding hydrogens is 324 g/mol. The molecule has 4 aliphatic carbocycles. The molecule has 0 radical (unpaired) electrons. The number of esters is 1. The van der Waals surface area contributed by atoms with Gasteiger partial charge in [0.2, 0.25) is 0 Å². The van der Waals surface area contributed by atoms with E-state index in [0.29, 0.717) is 18.3 Å². The standard InChI is InChI=1S/C23H34O3/c1-3-5-16-12-17-13-18(25)7-8-19(17)20-9-11-23(14-26-15(2)24)10-4-6-21(23)22(16)20/h13,16,19-22H,3-12,14H2,1-2H3/t16?,19-,20+,21-,22+,23-/m0/s1. The Morgan fingerprint density at radius 3 is 2.88 bits per heavy atom. The lowest BCUT2D eigenvalue weighted by molar-refractivity contribution is -0.150. The molecule has 0 aromatic heterocycles. The third-order valence-electron chi connectivity index (χ3n) is 8.22. The average molecular weight is 359 g/mol. The molecule has 26 heavy (non-hydrogen) atoms. The first-order chi connectivity index (χ1) is 12.5. The van der Waals surface area contributed by atoms with Crippen LogP contribution in [0.3, 0.4) is 0 Å². The van der Waals surface area contributed by atoms with Crippen LogP contribution in [-0.2, 0) is 14.3 Å². The summed E-state index contributed by atoms with van der Waals surface area (Å²) < 4.78 is 5.59. The molecule has 0 aliphatic heterocycles. The van der Waals surface area contributed by atoms with Crippen molar-refractivity contribution >= 4 is 11.8 Å². The fourth-order valence-electron chi connectivity index (χ4n) is 7.34. The minimum atomic E-state index is -0.128. The van der Waals surface area contributed by atoms with Gasteiger partial charge in [0.1, 0.15) is 0 Å². The first-order valence-corrected chi connectivity index (χ1v) is 10.9. The van der Waals surface area contributed by atoms with Gasteiger partial charge in [0.25, 0.3) is 0 Å². The molecule has 144 valence electrons. The zero-order valence-electron chi connectivity index (χ0n) is 16.5. The second kappa shape index (κ2) is 7.13. The zero-order chi connectivity index (χ0) is 18.3. The minimum Gasteiger partial charge on any atom is -0.465 e. The smallest absolute Gasteiger partial charge is 0.302 e. The van der Waals surface area contributed by atoms with E-state index in [-0.39, 0.29) is 11.4 Å². The van der Waals surface area contributed by atoms with Crippen LogP contribution in [0.15, 0.2) is 11.6 Å². The van der Waals surface area contributed by atoms with Gasteiger partial charge >= 0.3 is 5.97 Å². The number of hydrogen-bond acceptors (Lipinski definition) is 3. The number of ether oxygens (including phenoxy) is 1. The maximum atomic E-state index is 12.0. The number of hydrogen-bond donors (Lipinski definition) is 0. The highest BCUT2D eigenvalue weighted by atomic mass is 16.5. The van der Waals surface area contributed by atoms with Crippen LogP contribution in [-0.4, -0.2) is 18.4 Å². The highest BCUT2D eigenvalue weighted by Crippen LogP contribution is 2.63. The monoisotopic (exact) mass is 358 g/mol. The average Bonchev–Trinajstić information content (AvgIpc) is 3.04. The number of carbonyl (C=O) groups is 2. The summed E-state index contributed by atoms with van der Waals surface area (Å²) in [6.07, 6.45) is 13.8. The number of allylic oxidation sites excluding steroid dienone is 1. The van der Waals surface area contributed by atoms with E-state index in [1.807, 2.05) is 6.08 Å². The Bertz CT molecular complexity index is 607. The van der Waals surface area contributed by atoms with Crippen LogP contribution >= 0.6 is 0 Å². The molecule has 0 saturated heterocycles. The van der Waals surface area contributed by atoms with Crippen LogP contribution in [0.1, 0.15) is 78.1 Å². The van der Waals surface area contributed by atoms with Crippen molar-refractivity contribution in [2.24, 2.45) is 35.0 Å². The third-order valence-corrected chi connectivity index (χ3v) is 8.22. The molecule has 3 fully saturated rings. The first kappa shape index (κ1) is 18.3. The maximum absolute atomic E-state index is 12.0. The van der Waals surface area contributed by atoms with E-state index < -0.39 is 0 Å². The van der Waals surface area contributed by atoms with Crippen molar-refractivity contribution in [3.63, 3.8) is 0 Å². The summed E-state index contributed by atoms with van der Waals surface area (Å²) in [6.45, 7) is 4.48. The van der Waals surface area contributed by atoms with Crippen molar-refractivity contribution in [2.75, 3.05) is 6.61 Å². The summed E-state index contributed by atoms with van der Waals surface area (Å²) in [6, 6.07) is 0. The molecular formula is C23H34O3. The van der Waals surface area contributed by atoms with Crippen molar-refractivity contribution in [1.29, 1.82) is 0 Å². The Labute approximate surface area is 157 Å². The van der Waals surface area contributed by atoms with Gasteiger partial charge in [0.05, 0.1) is 6.61 Å². The second-order valence-electron chi connectivity index (χ2n) is 9.50. The molecule has 0 bridgehead atoms. The molecule has 0 spiro atoms. The first-order valence-electron chi connectivity index (χ1n) is 10.9. The Morgan fingerprint density at radius 2 is 2.12 bits per heavy atom. The quantitative estimate of drug-likeness (QED) is 0.658. The summed E-state index contributed by atoms with van der Waals surface area (Å²) in [5, 5.41) is 0. The molecule has 4 rings (SSSR count). The van der Waals surface area contributed by atoms with Crippen LogP contribution in [0.2, 0.25) is 0 Å². The number of fused-ring (bicyclic) bond motifs is 5. The van der Waals surface area contributed by atoms with Gasteiger partial charge in [-0.2, -0.15) is 0 Å². The van der Waals surface area contributed by atoms with E-state index in [0.717, 1.165) is 42.9 Å². The van der Waals surface area contributed by atoms with E-state index in [1.165, 1.54) is 50.5 Å². The molecule has 0 heterocycles. The minimum absolute atomic E-state index is 0.128. The van der Waals surface area contributed by atoms with Gasteiger partial charge in [0.15, 0.2) is 5.78 Å². The maximum Gasteiger partial charge on any atom is 0.302 e. The van der Waals surface area contributed by atoms with Gasteiger partial charge in [-0.15, -0.1) is 0 Å². The predicted molar refractivity (Wildman–Crippen MR) is 101 cm³/mol. The Hall–Kier alpha value is -1.12. The van der Waals surface area contributed by atoms with Crippen LogP contribution in [0.5, 0.6) is 0 Å². The normalized spacial score (nSPS) is 41.7. The van der Waals surface area contributed by atoms with E-state index in [2.05, 4.69) is 6.92 Å². The molecule has 0 aromatic rings. The predicted octanol–water partition coefficient (Wildman–Crippen LogP) is 5.09. The molecule has 0 amide bonds. The molecule has 6 atom stereocenters. The Morgan fingerprint density at radius 1 is 1.27 bits per heavy atom. The lowest BCUT2D eigenvalue weighted by Gasteiger charge is -2.56. The Kier molecular flexibility index (Phi) is 5.00. The summed E-state index contributed by atoms with van der Waals surface area (Å²) in [5.74, 6) is 3.85. The topological polar surface area (TPSA) is 43.4 Å². The highest BCUT2D eigenvalue weighted by molar-refractivity contribution is 5.91. The van der Waals surface area contributed by atoms with Crippen molar-refractivity contribution in [3.8, 4) is 0 Å². The van der Waals surface area contributed by atoms with Gasteiger partial charge in [-0.1, -0.05) is 31.8 Å². The number of carbonyl (C=O) groups excluding carboxylic acids is 2. The molecule has 0 N–H and O–H groups in total. The van der Waals surface area contributed by atoms with E-state index in [4.69, 9.17) is 4.74 Å². The van der Waals surface area contributed by atoms with E-state index in [9.17, 15) is 9.59 Å². The third kappa shape index (κ3) is 3.05. The summed E-state index contributed by atoms with van der Waals surface area (Å²) in [4.78, 5) is 23.5. The van der Waals surface area contributed by atoms with E-state index >= 15 is 0 Å². The molecule has 3 nitrogen and oxygen atoms in total. The van der Waals surface area contributed by atoms with Crippen molar-refractivity contribution < 1.29 is 14.3 Å². The lowest BCUT2D eigenvalue weighted by atomic mass is 9.49. The molecule has 1 unspecified atom stereocenters. The zero-order valence-corrected chi connectivity index (χ0v) is 16.5. The fraction of sp³-hybridized carbons (Fsp3) is 0.826. The van der Waals surface area contributed by atoms with Crippen LogP contribution in [0, 0.1) is 35.0 Å². The second-order valence-corrected chi connectivity index (χ2v) is 9.50. The van der Waals surface area contributed by atoms with Gasteiger partial charge in [-0.05, 0) is 74.2 Å². The fourth-order valence-corrected chi connectivity index (χ4v) is 7.34. The van der Waals surface area contributed by atoms with Crippen molar-refractivity contribution in [3.05, 3.63) is 11.6 Å². The lowest BCUT2D eigenvalue weighted by Crippen LogP contribution is -2.50. The number of rotatable bonds is 4. The SMILES string of the molecule is CCCC1CC2=CC(=O)CC[C@@H]2[C@H]2CC[C@]3(COC(C)=O)CCC[C@H]3[C@H]12. The summed E-state index contributed by atoms with van der Waals surface area (Å²) >= 11 is 0. The molecule has 3 heteroatoms. The molecule has 0 aromatic carbocycles. The van der Waals surface area contributed by atoms with Crippen molar-refractivity contribution in [2.45, 2.75) is 78.1 Å². The number of ketones is 1. The van der Waals surface area contributed by atoms with E-state index in [1.54, 1.807) is 6.92 Å². The summed E-state index contributed by atoms with van der Waals surface area (Å²) in [5.41, 5.74) is 1.72. The van der Waals surface area contributed by atoms with Gasteiger partial charge in [0, 0.05) is 18.8 Å². The van der Waals surface area contributed by atoms with Crippen LogP contribution in [0.25, 0.3) is 0 Å². The Balaban J connectivity index is 1.64. The van der Waals surface area contributed by atoms with Gasteiger partial charge < -0.3 is 4.74 Å². The molecule has 4 aliphatic rings. The van der Waals surface area contributed by atoms with Gasteiger partial charge in [-0.25, -0.2) is 0 Å². The van der Waals surface area contributed by atoms with Gasteiger partial charge in [-0.3, -0.25) is 9.59 Å². The summed E-state index contributed by atoms with van der Waals surface area (Å²) in [7, 11) is 0. The molecule has 3 saturated carbocycles. The highest BCUT2D eigenvalue weighted by Gasteiger charge is 2.57. The van der Waals surface area contributed by atoms with Crippen LogP contribution < -0.4 is 0 Å². The van der Waals surface area contributed by atoms with Crippen LogP contribution in [0.4, 0.5) is 0 Å².